The lowest BCUT2D eigenvalue weighted by atomic mass is 10.0. The highest BCUT2D eigenvalue weighted by Crippen LogP contribution is 2.21. The molecule has 1 saturated heterocycles. The second kappa shape index (κ2) is 5.77. The Kier molecular flexibility index (Phi) is 1.65. The molecule has 0 bridgehead atoms. The summed E-state index contributed by atoms with van der Waals surface area (Å²) in [6, 6.07) is -5.26. The summed E-state index contributed by atoms with van der Waals surface area (Å²) >= 11 is 0. The van der Waals surface area contributed by atoms with E-state index in [1.807, 2.05) is 0 Å². The SMILES string of the molecule is [2H]c1[nH]c2c([2H])c([2H])c(C([2H])([2H])[C@]3([2H])NC(=O)OC3([2H])[2H])c([2H])c2c1CC([2H])([2H])N(C)C. The van der Waals surface area contributed by atoms with Crippen molar-refractivity contribution in [2.24, 2.45) is 0 Å². The maximum atomic E-state index is 11.6. The predicted molar refractivity (Wildman–Crippen MR) is 82.5 cm³/mol. The molecule has 5 heteroatoms. The number of benzene rings is 1. The van der Waals surface area contributed by atoms with Crippen molar-refractivity contribution in [3.63, 3.8) is 0 Å². The van der Waals surface area contributed by atoms with Crippen molar-refractivity contribution in [2.75, 3.05) is 27.2 Å². The van der Waals surface area contributed by atoms with E-state index in [-0.39, 0.29) is 22.6 Å². The number of hydrogen-bond donors (Lipinski definition) is 2. The first-order chi connectivity index (χ1) is 14.4. The third-order valence-electron chi connectivity index (χ3n) is 2.75. The van der Waals surface area contributed by atoms with Gasteiger partial charge in [-0.05, 0) is 50.1 Å². The Hall–Kier alpha value is -2.01. The molecule has 0 radical (unpaired) electrons. The van der Waals surface area contributed by atoms with Crippen LogP contribution >= 0.6 is 0 Å². The average molecular weight is 298 g/mol. The predicted octanol–water partition coefficient (Wildman–Crippen LogP) is 1.92. The fraction of sp³-hybridized carbons (Fsp3) is 0.438. The van der Waals surface area contributed by atoms with Gasteiger partial charge in [-0.1, -0.05) is 6.04 Å². The van der Waals surface area contributed by atoms with E-state index in [9.17, 15) is 4.79 Å². The zero-order valence-corrected chi connectivity index (χ0v) is 11.5. The van der Waals surface area contributed by atoms with Gasteiger partial charge in [-0.3, -0.25) is 0 Å². The molecule has 0 spiro atoms. The number of aromatic amines is 1. The quantitative estimate of drug-likeness (QED) is 0.887. The Morgan fingerprint density at radius 2 is 2.48 bits per heavy atom. The first-order valence-electron chi connectivity index (χ1n) is 11.7. The first-order valence-corrected chi connectivity index (χ1v) is 6.19. The van der Waals surface area contributed by atoms with E-state index in [4.69, 9.17) is 15.1 Å². The van der Waals surface area contributed by atoms with Crippen LogP contribution in [0.4, 0.5) is 4.79 Å². The number of carbonyl (C=O) groups is 1. The molecule has 2 aromatic rings. The van der Waals surface area contributed by atoms with Crippen LogP contribution in [0.15, 0.2) is 24.3 Å². The molecule has 1 amide bonds. The van der Waals surface area contributed by atoms with Crippen LogP contribution in [-0.2, 0) is 17.5 Å². The monoisotopic (exact) mass is 298 g/mol. The van der Waals surface area contributed by atoms with Gasteiger partial charge in [0, 0.05) is 29.1 Å². The van der Waals surface area contributed by atoms with Crippen molar-refractivity contribution in [2.45, 2.75) is 18.8 Å². The largest absolute Gasteiger partial charge is 0.447 e. The molecule has 1 aliphatic rings. The number of nitrogens with one attached hydrogen (secondary N) is 2. The molecule has 1 atom stereocenters. The topological polar surface area (TPSA) is 57.4 Å². The number of nitrogens with zero attached hydrogens (tertiary/aromatic N) is 1. The van der Waals surface area contributed by atoms with Crippen molar-refractivity contribution >= 4 is 17.0 Å². The summed E-state index contributed by atoms with van der Waals surface area (Å²) in [5.41, 5.74) is -1.05. The first kappa shape index (κ1) is 6.01. The summed E-state index contributed by atoms with van der Waals surface area (Å²) < 4.78 is 94.9. The van der Waals surface area contributed by atoms with Gasteiger partial charge in [0.05, 0.1) is 15.6 Å². The second-order valence-electron chi connectivity index (χ2n) is 4.57. The molecular weight excluding hydrogens is 266 g/mol. The molecule has 1 aromatic heterocycles. The summed E-state index contributed by atoms with van der Waals surface area (Å²) in [6.07, 6.45) is -5.35. The van der Waals surface area contributed by atoms with Crippen LogP contribution in [0.3, 0.4) is 0 Å². The molecule has 0 unspecified atom stereocenters. The standard InChI is InChI=1S/C16H21N3O2/c1-19(2)6-5-12-9-17-15-4-3-11(8-14(12)15)7-13-10-21-16(20)18-13/h3-4,8-9,13,17H,5-7,10H2,1-2H3,(H,18,20)/t13-/m0/s1/i3D,4D,6D2,7D2,8D,9D,10D2,13D. The number of aromatic nitrogens is 1. The van der Waals surface area contributed by atoms with Crippen LogP contribution in [-0.4, -0.2) is 49.1 Å². The number of fused-ring (bicyclic) bond motifs is 1. The normalized spacial score (nSPS) is 33.1. The molecule has 1 fully saturated rings. The molecule has 3 rings (SSSR count). The molecule has 0 saturated carbocycles. The van der Waals surface area contributed by atoms with Crippen LogP contribution < -0.4 is 5.32 Å². The number of alkyl carbamates (subject to hydrolysis) is 1. The van der Waals surface area contributed by atoms with E-state index in [1.165, 1.54) is 19.0 Å². The Bertz CT molecular complexity index is 1110. The Balaban J connectivity index is 2.34. The second-order valence-corrected chi connectivity index (χ2v) is 4.57. The third-order valence-corrected chi connectivity index (χ3v) is 2.75. The zero-order valence-electron chi connectivity index (χ0n) is 22.5. The lowest BCUT2D eigenvalue weighted by Gasteiger charge is -2.09. The molecule has 0 aliphatic carbocycles. The van der Waals surface area contributed by atoms with Gasteiger partial charge in [0.15, 0.2) is 0 Å². The van der Waals surface area contributed by atoms with Crippen molar-refractivity contribution in [3.05, 3.63) is 35.4 Å². The van der Waals surface area contributed by atoms with Crippen molar-refractivity contribution in [1.82, 2.24) is 15.2 Å². The number of H-pyrrole nitrogens is 1. The number of ether oxygens (including phenoxy) is 1. The van der Waals surface area contributed by atoms with Crippen LogP contribution in [0.1, 0.15) is 26.2 Å². The maximum Gasteiger partial charge on any atom is 0.407 e. The number of rotatable bonds is 5. The van der Waals surface area contributed by atoms with Crippen LogP contribution in [0.2, 0.25) is 0 Å². The molecule has 2 N–H and O–H groups in total. The van der Waals surface area contributed by atoms with Crippen LogP contribution in [0, 0.1) is 0 Å². The lowest BCUT2D eigenvalue weighted by Crippen LogP contribution is -2.28. The molecule has 112 valence electrons. The van der Waals surface area contributed by atoms with Gasteiger partial charge >= 0.3 is 6.09 Å². The van der Waals surface area contributed by atoms with Gasteiger partial charge in [0.25, 0.3) is 0 Å². The number of hydrogen-bond acceptors (Lipinski definition) is 3. The number of cyclic esters (lactones) is 1. The fourth-order valence-electron chi connectivity index (χ4n) is 1.79. The Labute approximate surface area is 139 Å². The van der Waals surface area contributed by atoms with Crippen molar-refractivity contribution in [3.8, 4) is 0 Å². The van der Waals surface area contributed by atoms with E-state index in [0.717, 1.165) is 0 Å². The van der Waals surface area contributed by atoms with Gasteiger partial charge < -0.3 is 19.9 Å². The summed E-state index contributed by atoms with van der Waals surface area (Å²) in [6.45, 7) is -5.15. The average Bonchev–Trinajstić information content (AvgIpc) is 3.06. The van der Waals surface area contributed by atoms with E-state index in [2.05, 4.69) is 9.72 Å². The number of carbonyl (C=O) groups excluding carboxylic acids is 1. The molecule has 21 heavy (non-hydrogen) atoms. The summed E-state index contributed by atoms with van der Waals surface area (Å²) in [7, 11) is 2.94. The Morgan fingerprint density at radius 3 is 3.19 bits per heavy atom. The lowest BCUT2D eigenvalue weighted by molar-refractivity contribution is 0.177. The number of likely N-dealkylation sites (N-methyl/N-ethyl adjacent to an activating group) is 1. The minimum atomic E-state index is -3.22. The molecule has 5 nitrogen and oxygen atoms in total. The molecule has 1 aliphatic heterocycles. The highest BCUT2D eigenvalue weighted by atomic mass is 16.6. The molecule has 2 heterocycles. The van der Waals surface area contributed by atoms with Crippen molar-refractivity contribution < 1.29 is 24.6 Å². The summed E-state index contributed by atoms with van der Waals surface area (Å²) in [5.74, 6) is 0. The maximum absolute atomic E-state index is 11.6. The number of aryl methyl sites for hydroxylation is 1. The van der Waals surface area contributed by atoms with E-state index < -0.39 is 61.7 Å². The van der Waals surface area contributed by atoms with E-state index >= 15 is 0 Å². The molecule has 1 aromatic carbocycles. The van der Waals surface area contributed by atoms with E-state index in [0.29, 0.717) is 0 Å². The van der Waals surface area contributed by atoms with Gasteiger partial charge in [-0.25, -0.2) is 4.79 Å². The highest BCUT2D eigenvalue weighted by Gasteiger charge is 2.22. The van der Waals surface area contributed by atoms with Crippen LogP contribution in [0.5, 0.6) is 0 Å². The molecular formula is C16H21N3O2. The smallest absolute Gasteiger partial charge is 0.407 e. The van der Waals surface area contributed by atoms with Gasteiger partial charge in [0.1, 0.15) is 6.56 Å². The van der Waals surface area contributed by atoms with Crippen LogP contribution in [0.25, 0.3) is 10.9 Å². The summed E-state index contributed by atoms with van der Waals surface area (Å²) in [4.78, 5) is 15.4. The third kappa shape index (κ3) is 3.19. The van der Waals surface area contributed by atoms with Crippen molar-refractivity contribution in [1.29, 1.82) is 0 Å². The van der Waals surface area contributed by atoms with Gasteiger partial charge in [-0.2, -0.15) is 0 Å². The highest BCUT2D eigenvalue weighted by molar-refractivity contribution is 5.84. The minimum Gasteiger partial charge on any atom is -0.447 e. The Morgan fingerprint density at radius 1 is 1.62 bits per heavy atom. The van der Waals surface area contributed by atoms with Gasteiger partial charge in [-0.15, -0.1) is 0 Å². The minimum absolute atomic E-state index is 0.0389. The fourth-order valence-corrected chi connectivity index (χ4v) is 1.79. The summed E-state index contributed by atoms with van der Waals surface area (Å²) in [5, 5.41) is 1.59. The zero-order chi connectivity index (χ0) is 24.6. The number of amides is 1. The van der Waals surface area contributed by atoms with E-state index in [1.54, 1.807) is 5.32 Å². The van der Waals surface area contributed by atoms with Gasteiger partial charge in [0.2, 0.25) is 0 Å².